The fourth-order valence-corrected chi connectivity index (χ4v) is 4.15. The number of rotatable bonds is 9. The molecular weight excluding hydrogens is 473 g/mol. The fourth-order valence-electron chi connectivity index (χ4n) is 3.48. The lowest BCUT2D eigenvalue weighted by Crippen LogP contribution is -2.32. The maximum atomic E-state index is 13.4. The van der Waals surface area contributed by atoms with E-state index in [-0.39, 0.29) is 17.5 Å². The predicted molar refractivity (Wildman–Crippen MR) is 129 cm³/mol. The van der Waals surface area contributed by atoms with Gasteiger partial charge in [0.1, 0.15) is 29.2 Å². The average molecular weight is 498 g/mol. The van der Waals surface area contributed by atoms with Crippen molar-refractivity contribution in [2.75, 3.05) is 25.8 Å². The number of carbonyl (C=O) groups excluding carboxylic acids is 1. The van der Waals surface area contributed by atoms with Gasteiger partial charge in [0, 0.05) is 25.5 Å². The summed E-state index contributed by atoms with van der Waals surface area (Å²) in [6.45, 7) is 0. The number of nitrogens with one attached hydrogen (secondary N) is 1. The molecule has 4 aromatic rings. The first-order valence-corrected chi connectivity index (χ1v) is 11.5. The standard InChI is InChI=1S/C23H24FN7O3S/c1-30-11-10-26-22(30)20(14-4-6-15(24)7-5-14)27-19(32)13-35-23-29-28-21(31(23)25)17-9-8-16(33-2)12-18(17)34-3/h4-12,20H,13,25H2,1-3H3,(H,27,32)/t20-/m0/s1. The van der Waals surface area contributed by atoms with E-state index < -0.39 is 6.04 Å². The van der Waals surface area contributed by atoms with Crippen LogP contribution in [-0.2, 0) is 11.8 Å². The maximum Gasteiger partial charge on any atom is 0.231 e. The molecule has 2 heterocycles. The van der Waals surface area contributed by atoms with Gasteiger partial charge in [-0.15, -0.1) is 10.2 Å². The number of hydrogen-bond donors (Lipinski definition) is 2. The molecule has 0 aliphatic heterocycles. The molecule has 1 atom stereocenters. The van der Waals surface area contributed by atoms with Crippen LogP contribution in [0.2, 0.25) is 0 Å². The van der Waals surface area contributed by atoms with Gasteiger partial charge in [0.05, 0.1) is 25.5 Å². The summed E-state index contributed by atoms with van der Waals surface area (Å²) in [5, 5.41) is 11.6. The summed E-state index contributed by atoms with van der Waals surface area (Å²) >= 11 is 1.13. The van der Waals surface area contributed by atoms with E-state index in [0.717, 1.165) is 11.8 Å². The van der Waals surface area contributed by atoms with E-state index >= 15 is 0 Å². The number of amides is 1. The number of aromatic nitrogens is 5. The summed E-state index contributed by atoms with van der Waals surface area (Å²) in [5.74, 6) is 7.76. The first-order valence-electron chi connectivity index (χ1n) is 10.5. The minimum absolute atomic E-state index is 0.0250. The number of methoxy groups -OCH3 is 2. The van der Waals surface area contributed by atoms with Gasteiger partial charge < -0.3 is 25.2 Å². The first-order chi connectivity index (χ1) is 16.9. The van der Waals surface area contributed by atoms with E-state index in [2.05, 4.69) is 20.5 Å². The van der Waals surface area contributed by atoms with E-state index in [1.807, 2.05) is 7.05 Å². The van der Waals surface area contributed by atoms with Gasteiger partial charge in [-0.05, 0) is 29.8 Å². The highest BCUT2D eigenvalue weighted by atomic mass is 32.2. The third-order valence-corrected chi connectivity index (χ3v) is 6.21. The minimum atomic E-state index is -0.557. The van der Waals surface area contributed by atoms with Crippen LogP contribution in [0.1, 0.15) is 17.4 Å². The van der Waals surface area contributed by atoms with Crippen molar-refractivity contribution in [2.24, 2.45) is 7.05 Å². The molecule has 4 rings (SSSR count). The van der Waals surface area contributed by atoms with Gasteiger partial charge in [-0.25, -0.2) is 14.1 Å². The molecule has 0 aliphatic rings. The Hall–Kier alpha value is -4.06. The second kappa shape index (κ2) is 10.5. The number of nitrogen functional groups attached to an aromatic ring is 1. The molecule has 0 radical (unpaired) electrons. The second-order valence-electron chi connectivity index (χ2n) is 7.48. The Kier molecular flexibility index (Phi) is 7.20. The molecule has 10 nitrogen and oxygen atoms in total. The van der Waals surface area contributed by atoms with Gasteiger partial charge in [0.2, 0.25) is 11.1 Å². The number of carbonyl (C=O) groups is 1. The summed E-state index contributed by atoms with van der Waals surface area (Å²) in [6, 6.07) is 10.6. The zero-order chi connectivity index (χ0) is 24.9. The lowest BCUT2D eigenvalue weighted by Gasteiger charge is -2.19. The number of halogens is 1. The first kappa shape index (κ1) is 24.1. The van der Waals surface area contributed by atoms with Crippen LogP contribution in [0.3, 0.4) is 0 Å². The molecule has 0 saturated carbocycles. The van der Waals surface area contributed by atoms with E-state index in [0.29, 0.717) is 39.4 Å². The molecule has 0 fully saturated rings. The van der Waals surface area contributed by atoms with Crippen molar-refractivity contribution in [1.29, 1.82) is 0 Å². The molecule has 0 spiro atoms. The Morgan fingerprint density at radius 3 is 2.60 bits per heavy atom. The molecule has 182 valence electrons. The Morgan fingerprint density at radius 2 is 1.94 bits per heavy atom. The lowest BCUT2D eigenvalue weighted by molar-refractivity contribution is -0.119. The van der Waals surface area contributed by atoms with Gasteiger partial charge in [-0.1, -0.05) is 23.9 Å². The molecule has 2 aromatic heterocycles. The van der Waals surface area contributed by atoms with Crippen molar-refractivity contribution in [3.63, 3.8) is 0 Å². The van der Waals surface area contributed by atoms with Crippen LogP contribution in [0.5, 0.6) is 11.5 Å². The molecule has 0 bridgehead atoms. The Morgan fingerprint density at radius 1 is 1.17 bits per heavy atom. The monoisotopic (exact) mass is 497 g/mol. The average Bonchev–Trinajstić information content (AvgIpc) is 3.46. The second-order valence-corrected chi connectivity index (χ2v) is 8.42. The van der Waals surface area contributed by atoms with Crippen LogP contribution in [0, 0.1) is 5.82 Å². The summed E-state index contributed by atoms with van der Waals surface area (Å²) in [5.41, 5.74) is 1.33. The third-order valence-electron chi connectivity index (χ3n) is 5.27. The summed E-state index contributed by atoms with van der Waals surface area (Å²) in [7, 11) is 4.93. The number of nitrogens with zero attached hydrogens (tertiary/aromatic N) is 5. The van der Waals surface area contributed by atoms with Gasteiger partial charge in [-0.2, -0.15) is 0 Å². The normalized spacial score (nSPS) is 11.8. The minimum Gasteiger partial charge on any atom is -0.497 e. The zero-order valence-electron chi connectivity index (χ0n) is 19.3. The van der Waals surface area contributed by atoms with Crippen LogP contribution in [0.25, 0.3) is 11.4 Å². The highest BCUT2D eigenvalue weighted by Crippen LogP contribution is 2.33. The van der Waals surface area contributed by atoms with Crippen molar-refractivity contribution < 1.29 is 18.7 Å². The van der Waals surface area contributed by atoms with Crippen molar-refractivity contribution >= 4 is 17.7 Å². The smallest absolute Gasteiger partial charge is 0.231 e. The molecule has 0 saturated heterocycles. The van der Waals surface area contributed by atoms with Crippen molar-refractivity contribution in [2.45, 2.75) is 11.2 Å². The highest BCUT2D eigenvalue weighted by molar-refractivity contribution is 7.99. The summed E-state index contributed by atoms with van der Waals surface area (Å²) in [6.07, 6.45) is 3.41. The third kappa shape index (κ3) is 5.22. The topological polar surface area (TPSA) is 122 Å². The summed E-state index contributed by atoms with van der Waals surface area (Å²) < 4.78 is 27.2. The van der Waals surface area contributed by atoms with Gasteiger partial charge in [-0.3, -0.25) is 4.79 Å². The zero-order valence-corrected chi connectivity index (χ0v) is 20.1. The molecule has 0 aliphatic carbocycles. The number of nitrogens with two attached hydrogens (primary N) is 1. The van der Waals surface area contributed by atoms with Crippen LogP contribution in [0.4, 0.5) is 4.39 Å². The highest BCUT2D eigenvalue weighted by Gasteiger charge is 2.22. The Balaban J connectivity index is 1.49. The lowest BCUT2D eigenvalue weighted by atomic mass is 10.1. The number of imidazole rings is 1. The Labute approximate surface area is 205 Å². The quantitative estimate of drug-likeness (QED) is 0.267. The van der Waals surface area contributed by atoms with Crippen molar-refractivity contribution in [3.8, 4) is 22.9 Å². The number of hydrogen-bond acceptors (Lipinski definition) is 8. The van der Waals surface area contributed by atoms with E-state index in [4.69, 9.17) is 15.3 Å². The SMILES string of the molecule is COc1ccc(-c2nnc(SCC(=O)N[C@@H](c3ccc(F)cc3)c3nccn3C)n2N)c(OC)c1. The molecule has 3 N–H and O–H groups in total. The van der Waals surface area contributed by atoms with Crippen molar-refractivity contribution in [3.05, 3.63) is 72.1 Å². The predicted octanol–water partition coefficient (Wildman–Crippen LogP) is 2.55. The van der Waals surface area contributed by atoms with Crippen molar-refractivity contribution in [1.82, 2.24) is 29.7 Å². The largest absolute Gasteiger partial charge is 0.497 e. The van der Waals surface area contributed by atoms with Gasteiger partial charge >= 0.3 is 0 Å². The molecule has 35 heavy (non-hydrogen) atoms. The maximum absolute atomic E-state index is 13.4. The number of ether oxygens (including phenoxy) is 2. The van der Waals surface area contributed by atoms with Crippen LogP contribution >= 0.6 is 11.8 Å². The number of aryl methyl sites for hydroxylation is 1. The van der Waals surface area contributed by atoms with Gasteiger partial charge in [0.15, 0.2) is 5.82 Å². The molecule has 1 amide bonds. The van der Waals surface area contributed by atoms with Gasteiger partial charge in [0.25, 0.3) is 0 Å². The fraction of sp³-hybridized carbons (Fsp3) is 0.217. The summed E-state index contributed by atoms with van der Waals surface area (Å²) in [4.78, 5) is 17.2. The molecule has 2 aromatic carbocycles. The molecule has 12 heteroatoms. The van der Waals surface area contributed by atoms with Crippen LogP contribution in [-0.4, -0.2) is 50.3 Å². The Bertz CT molecular complexity index is 1320. The van der Waals surface area contributed by atoms with E-state index in [1.54, 1.807) is 54.4 Å². The number of benzene rings is 2. The van der Waals surface area contributed by atoms with Crippen LogP contribution in [0.15, 0.2) is 60.0 Å². The molecule has 0 unspecified atom stereocenters. The van der Waals surface area contributed by atoms with E-state index in [9.17, 15) is 9.18 Å². The van der Waals surface area contributed by atoms with E-state index in [1.165, 1.54) is 23.9 Å². The van der Waals surface area contributed by atoms with Crippen LogP contribution < -0.4 is 20.6 Å². The number of thioether (sulfide) groups is 1. The molecular formula is C23H24FN7O3S.